The fourth-order valence-electron chi connectivity index (χ4n) is 2.27. The van der Waals surface area contributed by atoms with Crippen LogP contribution in [0.25, 0.3) is 0 Å². The lowest BCUT2D eigenvalue weighted by molar-refractivity contribution is -0.0498. The van der Waals surface area contributed by atoms with Gasteiger partial charge in [-0.25, -0.2) is 4.79 Å². The van der Waals surface area contributed by atoms with Crippen molar-refractivity contribution in [3.63, 3.8) is 0 Å². The van der Waals surface area contributed by atoms with E-state index in [4.69, 9.17) is 19.7 Å². The zero-order valence-corrected chi connectivity index (χ0v) is 13.5. The number of methoxy groups -OCH3 is 1. The number of nitrogen functional groups attached to an aromatic ring is 1. The highest BCUT2D eigenvalue weighted by atomic mass is 31.2. The molecule has 1 aromatic heterocycles. The summed E-state index contributed by atoms with van der Waals surface area (Å²) >= 11 is 0. The summed E-state index contributed by atoms with van der Waals surface area (Å²) in [5.41, 5.74) is 4.87. The van der Waals surface area contributed by atoms with Gasteiger partial charge in [-0.15, -0.1) is 0 Å². The maximum Gasteiger partial charge on any atom is 0.351 e. The predicted octanol–water partition coefficient (Wildman–Crippen LogP) is -0.228. The van der Waals surface area contributed by atoms with E-state index in [1.54, 1.807) is 0 Å². The number of anilines is 1. The van der Waals surface area contributed by atoms with Crippen molar-refractivity contribution in [1.29, 1.82) is 0 Å². The number of carbonyl (C=O) groups excluding carboxylic acids is 1. The molecular weight excluding hydrogens is 329 g/mol. The highest BCUT2D eigenvalue weighted by molar-refractivity contribution is 7.51. The molecule has 2 rings (SSSR count). The standard InChI is InChI=1S/C12H18N3O7P/c1-20-8-3-10(22-9(8)6-21-23(2,18)19)15-4-7(5-16)11(13)14-12(15)17/h4-5,8-10H,3,6H2,1-2H3,(H,18,19)(H2,13,14,17)/t8-,9+,10+/m0/s1. The molecule has 0 saturated carbocycles. The van der Waals surface area contributed by atoms with E-state index in [-0.39, 0.29) is 24.4 Å². The number of hydrogen-bond acceptors (Lipinski definition) is 8. The van der Waals surface area contributed by atoms with Crippen molar-refractivity contribution in [2.24, 2.45) is 0 Å². The average molecular weight is 347 g/mol. The normalized spacial score (nSPS) is 26.8. The zero-order valence-electron chi connectivity index (χ0n) is 12.6. The molecular formula is C12H18N3O7P. The molecule has 23 heavy (non-hydrogen) atoms. The van der Waals surface area contributed by atoms with E-state index >= 15 is 0 Å². The third-order valence-electron chi connectivity index (χ3n) is 3.41. The third kappa shape index (κ3) is 4.24. The maximum absolute atomic E-state index is 11.9. The Hall–Kier alpha value is -1.58. The Kier molecular flexibility index (Phi) is 5.33. The summed E-state index contributed by atoms with van der Waals surface area (Å²) in [6.07, 6.45) is 0.192. The van der Waals surface area contributed by atoms with Crippen molar-refractivity contribution in [1.82, 2.24) is 9.55 Å². The minimum absolute atomic E-state index is 0.0651. The average Bonchev–Trinajstić information content (AvgIpc) is 2.87. The van der Waals surface area contributed by atoms with E-state index in [0.717, 1.165) is 11.2 Å². The van der Waals surface area contributed by atoms with Gasteiger partial charge >= 0.3 is 13.3 Å². The van der Waals surface area contributed by atoms with Crippen LogP contribution >= 0.6 is 7.60 Å². The van der Waals surface area contributed by atoms with Gasteiger partial charge in [-0.1, -0.05) is 0 Å². The molecule has 0 amide bonds. The van der Waals surface area contributed by atoms with Crippen molar-refractivity contribution in [3.8, 4) is 0 Å². The molecule has 1 aliphatic heterocycles. The third-order valence-corrected chi connectivity index (χ3v) is 4.04. The van der Waals surface area contributed by atoms with Crippen molar-refractivity contribution in [3.05, 3.63) is 22.2 Å². The number of hydrogen-bond donors (Lipinski definition) is 2. The minimum Gasteiger partial charge on any atom is -0.383 e. The van der Waals surface area contributed by atoms with Crippen LogP contribution in [0.2, 0.25) is 0 Å². The maximum atomic E-state index is 11.9. The summed E-state index contributed by atoms with van der Waals surface area (Å²) in [5.74, 6) is -0.158. The van der Waals surface area contributed by atoms with Crippen LogP contribution in [0, 0.1) is 0 Å². The summed E-state index contributed by atoms with van der Waals surface area (Å²) in [4.78, 5) is 35.6. The van der Waals surface area contributed by atoms with Crippen LogP contribution in [-0.2, 0) is 18.6 Å². The van der Waals surface area contributed by atoms with E-state index in [1.807, 2.05) is 0 Å². The number of aldehydes is 1. The van der Waals surface area contributed by atoms with Gasteiger partial charge in [0.2, 0.25) is 0 Å². The predicted molar refractivity (Wildman–Crippen MR) is 79.3 cm³/mol. The van der Waals surface area contributed by atoms with E-state index in [1.165, 1.54) is 13.3 Å². The summed E-state index contributed by atoms with van der Waals surface area (Å²) in [6.45, 7) is 0.892. The SMILES string of the molecule is CO[C@H]1C[C@H](n2cc(C=O)c(N)nc2=O)O[C@@H]1COP(C)(=O)O. The first-order valence-electron chi connectivity index (χ1n) is 6.72. The molecule has 1 saturated heterocycles. The van der Waals surface area contributed by atoms with Crippen molar-refractivity contribution >= 4 is 19.7 Å². The Labute approximate surface area is 131 Å². The zero-order chi connectivity index (χ0) is 17.2. The molecule has 4 atom stereocenters. The summed E-state index contributed by atoms with van der Waals surface area (Å²) in [5, 5.41) is 0. The van der Waals surface area contributed by atoms with E-state index < -0.39 is 31.7 Å². The lowest BCUT2D eigenvalue weighted by atomic mass is 10.2. The molecule has 128 valence electrons. The van der Waals surface area contributed by atoms with E-state index in [9.17, 15) is 19.0 Å². The van der Waals surface area contributed by atoms with Crippen molar-refractivity contribution in [2.75, 3.05) is 26.1 Å². The lowest BCUT2D eigenvalue weighted by Crippen LogP contribution is -2.29. The molecule has 0 aliphatic carbocycles. The summed E-state index contributed by atoms with van der Waals surface area (Å²) in [6, 6.07) is 0. The molecule has 1 aliphatic rings. The first kappa shape index (κ1) is 17.8. The topological polar surface area (TPSA) is 143 Å². The molecule has 1 fully saturated rings. The Morgan fingerprint density at radius 2 is 2.35 bits per heavy atom. The van der Waals surface area contributed by atoms with Gasteiger partial charge in [-0.2, -0.15) is 4.98 Å². The Bertz CT molecular complexity index is 686. The first-order chi connectivity index (χ1) is 10.7. The minimum atomic E-state index is -3.65. The molecule has 0 radical (unpaired) electrons. The number of ether oxygens (including phenoxy) is 2. The van der Waals surface area contributed by atoms with Crippen LogP contribution in [0.1, 0.15) is 23.0 Å². The number of rotatable bonds is 6. The molecule has 0 spiro atoms. The molecule has 0 aromatic carbocycles. The smallest absolute Gasteiger partial charge is 0.351 e. The van der Waals surface area contributed by atoms with Gasteiger partial charge in [-0.3, -0.25) is 13.9 Å². The molecule has 1 aromatic rings. The van der Waals surface area contributed by atoms with Gasteiger partial charge in [0.1, 0.15) is 18.1 Å². The molecule has 2 heterocycles. The highest BCUT2D eigenvalue weighted by Crippen LogP contribution is 2.39. The largest absolute Gasteiger partial charge is 0.383 e. The van der Waals surface area contributed by atoms with Gasteiger partial charge in [0.05, 0.1) is 18.3 Å². The molecule has 11 heteroatoms. The summed E-state index contributed by atoms with van der Waals surface area (Å²) < 4.78 is 28.1. The number of nitrogens with zero attached hydrogens (tertiary/aromatic N) is 2. The van der Waals surface area contributed by atoms with Gasteiger partial charge in [0.25, 0.3) is 0 Å². The van der Waals surface area contributed by atoms with Crippen molar-refractivity contribution in [2.45, 2.75) is 24.9 Å². The van der Waals surface area contributed by atoms with Crippen molar-refractivity contribution < 1.29 is 28.3 Å². The second-order valence-corrected chi connectivity index (χ2v) is 6.99. The Morgan fingerprint density at radius 1 is 1.65 bits per heavy atom. The van der Waals surface area contributed by atoms with Gasteiger partial charge in [0.15, 0.2) is 6.29 Å². The fourth-order valence-corrected chi connectivity index (χ4v) is 2.70. The highest BCUT2D eigenvalue weighted by Gasteiger charge is 2.38. The second-order valence-electron chi connectivity index (χ2n) is 5.13. The quantitative estimate of drug-likeness (QED) is 0.527. The first-order valence-corrected chi connectivity index (χ1v) is 8.74. The van der Waals surface area contributed by atoms with Crippen LogP contribution in [0.4, 0.5) is 5.82 Å². The van der Waals surface area contributed by atoms with Gasteiger partial charge < -0.3 is 24.6 Å². The Morgan fingerprint density at radius 3 is 2.91 bits per heavy atom. The molecule has 3 N–H and O–H groups in total. The fraction of sp³-hybridized carbons (Fsp3) is 0.583. The van der Waals surface area contributed by atoms with Crippen LogP contribution in [0.5, 0.6) is 0 Å². The number of nitrogens with two attached hydrogens (primary N) is 1. The molecule has 0 bridgehead atoms. The van der Waals surface area contributed by atoms with Gasteiger partial charge in [-0.05, 0) is 0 Å². The van der Waals surface area contributed by atoms with Gasteiger partial charge in [0, 0.05) is 26.4 Å². The van der Waals surface area contributed by atoms with E-state index in [2.05, 4.69) is 4.98 Å². The lowest BCUT2D eigenvalue weighted by Gasteiger charge is -2.18. The Balaban J connectivity index is 2.21. The molecule has 1 unspecified atom stereocenters. The number of aromatic nitrogens is 2. The molecule has 10 nitrogen and oxygen atoms in total. The summed E-state index contributed by atoms with van der Waals surface area (Å²) in [7, 11) is -2.20. The second kappa shape index (κ2) is 6.90. The number of carbonyl (C=O) groups is 1. The van der Waals surface area contributed by atoms with Crippen LogP contribution in [0.15, 0.2) is 11.0 Å². The van der Waals surface area contributed by atoms with Crippen LogP contribution in [-0.4, -0.2) is 53.3 Å². The van der Waals surface area contributed by atoms with Crippen LogP contribution < -0.4 is 11.4 Å². The van der Waals surface area contributed by atoms with E-state index in [0.29, 0.717) is 6.29 Å². The monoisotopic (exact) mass is 347 g/mol. The van der Waals surface area contributed by atoms with Crippen LogP contribution in [0.3, 0.4) is 0 Å².